The molecule has 0 unspecified atom stereocenters. The van der Waals surface area contributed by atoms with Crippen LogP contribution in [0.25, 0.3) is 0 Å². The van der Waals surface area contributed by atoms with Crippen molar-refractivity contribution in [2.45, 2.75) is 39.8 Å². The number of aryl methyl sites for hydroxylation is 1. The van der Waals surface area contributed by atoms with Crippen molar-refractivity contribution in [2.24, 2.45) is 0 Å². The van der Waals surface area contributed by atoms with Gasteiger partial charge in [0, 0.05) is 31.8 Å². The molecule has 0 bridgehead atoms. The second-order valence-corrected chi connectivity index (χ2v) is 3.68. The van der Waals surface area contributed by atoms with Crippen molar-refractivity contribution in [1.82, 2.24) is 9.13 Å². The molecule has 0 N–H and O–H groups in total. The molecule has 16 heavy (non-hydrogen) atoms. The summed E-state index contributed by atoms with van der Waals surface area (Å²) in [4.78, 5) is 33.9. The molecular formula is C11H16N2O3. The number of carbonyl (C=O) groups is 1. The van der Waals surface area contributed by atoms with E-state index in [1.54, 1.807) is 0 Å². The third-order valence-electron chi connectivity index (χ3n) is 2.39. The molecule has 0 aliphatic heterocycles. The summed E-state index contributed by atoms with van der Waals surface area (Å²) < 4.78 is 2.64. The van der Waals surface area contributed by atoms with Gasteiger partial charge in [0.1, 0.15) is 5.78 Å². The summed E-state index contributed by atoms with van der Waals surface area (Å²) in [5.41, 5.74) is -0.614. The standard InChI is InChI=1S/C11H16N2O3/c1-3-12-8-6-10(15)13(11(12)16)7-4-5-9(2)14/h6,8H,3-5,7H2,1-2H3. The first kappa shape index (κ1) is 12.4. The maximum atomic E-state index is 11.7. The van der Waals surface area contributed by atoms with E-state index in [2.05, 4.69) is 0 Å². The number of Topliss-reactive ketones (excluding diaryl/α,β-unsaturated/α-hetero) is 1. The summed E-state index contributed by atoms with van der Waals surface area (Å²) >= 11 is 0. The van der Waals surface area contributed by atoms with Gasteiger partial charge in [0.25, 0.3) is 5.56 Å². The van der Waals surface area contributed by atoms with Crippen LogP contribution in [-0.4, -0.2) is 14.9 Å². The van der Waals surface area contributed by atoms with Gasteiger partial charge in [-0.3, -0.25) is 9.36 Å². The largest absolute Gasteiger partial charge is 0.330 e. The molecule has 0 amide bonds. The van der Waals surface area contributed by atoms with E-state index in [-0.39, 0.29) is 17.0 Å². The van der Waals surface area contributed by atoms with E-state index in [0.717, 1.165) is 0 Å². The van der Waals surface area contributed by atoms with Crippen LogP contribution in [0, 0.1) is 0 Å². The number of ketones is 1. The molecule has 5 nitrogen and oxygen atoms in total. The molecule has 88 valence electrons. The van der Waals surface area contributed by atoms with Crippen LogP contribution in [-0.2, 0) is 17.9 Å². The lowest BCUT2D eigenvalue weighted by molar-refractivity contribution is -0.117. The lowest BCUT2D eigenvalue weighted by Crippen LogP contribution is -2.38. The highest BCUT2D eigenvalue weighted by Gasteiger charge is 2.04. The quantitative estimate of drug-likeness (QED) is 0.727. The minimum atomic E-state index is -0.307. The Bertz CT molecular complexity index is 485. The van der Waals surface area contributed by atoms with Crippen molar-refractivity contribution in [3.8, 4) is 0 Å². The lowest BCUT2D eigenvalue weighted by atomic mass is 10.2. The number of nitrogens with zero attached hydrogens (tertiary/aromatic N) is 2. The number of aromatic nitrogens is 2. The van der Waals surface area contributed by atoms with Gasteiger partial charge in [-0.25, -0.2) is 4.79 Å². The molecule has 0 atom stereocenters. The van der Waals surface area contributed by atoms with E-state index in [4.69, 9.17) is 0 Å². The topological polar surface area (TPSA) is 61.1 Å². The van der Waals surface area contributed by atoms with Crippen LogP contribution >= 0.6 is 0 Å². The lowest BCUT2D eigenvalue weighted by Gasteiger charge is -2.07. The summed E-state index contributed by atoms with van der Waals surface area (Å²) in [5, 5.41) is 0. The van der Waals surface area contributed by atoms with E-state index in [0.29, 0.717) is 25.9 Å². The first-order valence-corrected chi connectivity index (χ1v) is 5.36. The minimum Gasteiger partial charge on any atom is -0.301 e. The highest BCUT2D eigenvalue weighted by molar-refractivity contribution is 5.75. The van der Waals surface area contributed by atoms with Crippen molar-refractivity contribution < 1.29 is 4.79 Å². The summed E-state index contributed by atoms with van der Waals surface area (Å²) in [5.74, 6) is 0.0693. The first-order chi connectivity index (χ1) is 7.56. The Morgan fingerprint density at radius 3 is 2.62 bits per heavy atom. The molecule has 0 aliphatic carbocycles. The van der Waals surface area contributed by atoms with Gasteiger partial charge in [0.2, 0.25) is 0 Å². The summed E-state index contributed by atoms with van der Waals surface area (Å²) in [6, 6.07) is 1.37. The van der Waals surface area contributed by atoms with Crippen molar-refractivity contribution in [1.29, 1.82) is 0 Å². The molecule has 0 aromatic carbocycles. The van der Waals surface area contributed by atoms with Crippen LogP contribution in [0.3, 0.4) is 0 Å². The average Bonchev–Trinajstić information content (AvgIpc) is 2.23. The minimum absolute atomic E-state index is 0.0693. The highest BCUT2D eigenvalue weighted by atomic mass is 16.2. The normalized spacial score (nSPS) is 10.4. The van der Waals surface area contributed by atoms with E-state index in [1.165, 1.54) is 28.3 Å². The maximum absolute atomic E-state index is 11.7. The summed E-state index contributed by atoms with van der Waals surface area (Å²) in [7, 11) is 0. The first-order valence-electron chi connectivity index (χ1n) is 5.36. The van der Waals surface area contributed by atoms with Gasteiger partial charge in [-0.05, 0) is 20.3 Å². The van der Waals surface area contributed by atoms with Gasteiger partial charge in [-0.2, -0.15) is 0 Å². The second-order valence-electron chi connectivity index (χ2n) is 3.68. The van der Waals surface area contributed by atoms with Crippen molar-refractivity contribution >= 4 is 5.78 Å². The van der Waals surface area contributed by atoms with E-state index >= 15 is 0 Å². The Morgan fingerprint density at radius 2 is 2.06 bits per heavy atom. The molecule has 0 saturated heterocycles. The zero-order chi connectivity index (χ0) is 12.1. The Labute approximate surface area is 93.3 Å². The van der Waals surface area contributed by atoms with Gasteiger partial charge >= 0.3 is 5.69 Å². The third-order valence-corrected chi connectivity index (χ3v) is 2.39. The van der Waals surface area contributed by atoms with Crippen LogP contribution in [0.4, 0.5) is 0 Å². The fourth-order valence-electron chi connectivity index (χ4n) is 1.49. The molecule has 1 heterocycles. The second kappa shape index (κ2) is 5.44. The van der Waals surface area contributed by atoms with Gasteiger partial charge in [-0.1, -0.05) is 0 Å². The fourth-order valence-corrected chi connectivity index (χ4v) is 1.49. The molecule has 0 saturated carbocycles. The van der Waals surface area contributed by atoms with Crippen LogP contribution < -0.4 is 11.2 Å². The molecule has 0 radical (unpaired) electrons. The summed E-state index contributed by atoms with van der Waals surface area (Å²) in [6.45, 7) is 4.17. The molecule has 0 spiro atoms. The molecular weight excluding hydrogens is 208 g/mol. The van der Waals surface area contributed by atoms with Gasteiger partial charge in [0.15, 0.2) is 0 Å². The zero-order valence-electron chi connectivity index (χ0n) is 9.60. The number of carbonyl (C=O) groups excluding carboxylic acids is 1. The number of hydrogen-bond donors (Lipinski definition) is 0. The highest BCUT2D eigenvalue weighted by Crippen LogP contribution is 1.91. The van der Waals surface area contributed by atoms with Gasteiger partial charge < -0.3 is 9.36 Å². The molecule has 5 heteroatoms. The van der Waals surface area contributed by atoms with E-state index < -0.39 is 0 Å². The van der Waals surface area contributed by atoms with Crippen LogP contribution in [0.5, 0.6) is 0 Å². The summed E-state index contributed by atoms with van der Waals surface area (Å²) in [6.07, 6.45) is 2.41. The molecule has 0 aliphatic rings. The Morgan fingerprint density at radius 1 is 1.38 bits per heavy atom. The van der Waals surface area contributed by atoms with Crippen LogP contribution in [0.15, 0.2) is 21.9 Å². The zero-order valence-corrected chi connectivity index (χ0v) is 9.60. The van der Waals surface area contributed by atoms with Crippen molar-refractivity contribution in [3.63, 3.8) is 0 Å². The monoisotopic (exact) mass is 224 g/mol. The number of hydrogen-bond acceptors (Lipinski definition) is 3. The SMILES string of the molecule is CCn1ccc(=O)n(CCCC(C)=O)c1=O. The van der Waals surface area contributed by atoms with E-state index in [9.17, 15) is 14.4 Å². The third kappa shape index (κ3) is 2.92. The number of rotatable bonds is 5. The molecule has 0 fully saturated rings. The Kier molecular flexibility index (Phi) is 4.22. The Balaban J connectivity index is 2.90. The van der Waals surface area contributed by atoms with E-state index in [1.807, 2.05) is 6.92 Å². The van der Waals surface area contributed by atoms with Crippen molar-refractivity contribution in [2.75, 3.05) is 0 Å². The predicted octanol–water partition coefficient (Wildman–Crippen LogP) is 0.399. The predicted molar refractivity (Wildman–Crippen MR) is 60.6 cm³/mol. The Hall–Kier alpha value is -1.65. The smallest absolute Gasteiger partial charge is 0.301 e. The van der Waals surface area contributed by atoms with Crippen LogP contribution in [0.2, 0.25) is 0 Å². The molecule has 1 aromatic rings. The van der Waals surface area contributed by atoms with Gasteiger partial charge in [-0.15, -0.1) is 0 Å². The fraction of sp³-hybridized carbons (Fsp3) is 0.545. The van der Waals surface area contributed by atoms with Gasteiger partial charge in [0.05, 0.1) is 0 Å². The van der Waals surface area contributed by atoms with Crippen molar-refractivity contribution in [3.05, 3.63) is 33.1 Å². The van der Waals surface area contributed by atoms with Crippen LogP contribution in [0.1, 0.15) is 26.7 Å². The molecule has 1 rings (SSSR count). The maximum Gasteiger partial charge on any atom is 0.330 e. The average molecular weight is 224 g/mol. The molecule has 1 aromatic heterocycles.